The van der Waals surface area contributed by atoms with Crippen LogP contribution in [0.4, 0.5) is 5.13 Å². The van der Waals surface area contributed by atoms with E-state index in [2.05, 4.69) is 15.2 Å². The molecular formula is C14H20N4O2S. The van der Waals surface area contributed by atoms with Crippen molar-refractivity contribution in [3.8, 4) is 0 Å². The number of nitrogens with one attached hydrogen (secondary N) is 1. The van der Waals surface area contributed by atoms with Crippen LogP contribution >= 0.6 is 11.3 Å². The molecule has 2 aromatic rings. The van der Waals surface area contributed by atoms with Crippen molar-refractivity contribution >= 4 is 22.4 Å². The zero-order valence-electron chi connectivity index (χ0n) is 12.7. The Kier molecular flexibility index (Phi) is 4.62. The van der Waals surface area contributed by atoms with Crippen LogP contribution in [0.5, 0.6) is 0 Å². The second-order valence-electron chi connectivity index (χ2n) is 5.32. The number of carbonyl (C=O) groups is 1. The molecular weight excluding hydrogens is 288 g/mol. The highest BCUT2D eigenvalue weighted by atomic mass is 32.1. The Hall–Kier alpha value is -1.89. The number of thiazole rings is 1. The third-order valence-electron chi connectivity index (χ3n) is 3.22. The van der Waals surface area contributed by atoms with Gasteiger partial charge in [0.15, 0.2) is 5.13 Å². The molecule has 0 spiro atoms. The van der Waals surface area contributed by atoms with Crippen LogP contribution in [-0.2, 0) is 21.5 Å². The van der Waals surface area contributed by atoms with Crippen LogP contribution < -0.4 is 4.90 Å². The molecule has 114 valence electrons. The van der Waals surface area contributed by atoms with Gasteiger partial charge in [0, 0.05) is 30.7 Å². The second-order valence-corrected chi connectivity index (χ2v) is 6.16. The fraction of sp³-hybridized carbons (Fsp3) is 0.500. The minimum Gasteiger partial charge on any atom is -0.465 e. The van der Waals surface area contributed by atoms with Gasteiger partial charge in [-0.1, -0.05) is 0 Å². The Balaban J connectivity index is 2.11. The highest BCUT2D eigenvalue weighted by molar-refractivity contribution is 7.13. The molecule has 0 aromatic carbocycles. The van der Waals surface area contributed by atoms with E-state index in [0.29, 0.717) is 13.2 Å². The van der Waals surface area contributed by atoms with Crippen molar-refractivity contribution < 1.29 is 9.53 Å². The smallest absolute Gasteiger partial charge is 0.317 e. The maximum atomic E-state index is 12.0. The zero-order valence-corrected chi connectivity index (χ0v) is 13.5. The van der Waals surface area contributed by atoms with E-state index < -0.39 is 5.41 Å². The van der Waals surface area contributed by atoms with Gasteiger partial charge >= 0.3 is 5.97 Å². The maximum Gasteiger partial charge on any atom is 0.317 e. The van der Waals surface area contributed by atoms with Crippen LogP contribution in [0.2, 0.25) is 0 Å². The lowest BCUT2D eigenvalue weighted by Crippen LogP contribution is -2.31. The Bertz CT molecular complexity index is 592. The largest absolute Gasteiger partial charge is 0.465 e. The van der Waals surface area contributed by atoms with Crippen LogP contribution in [0.25, 0.3) is 0 Å². The highest BCUT2D eigenvalue weighted by Gasteiger charge is 2.34. The third kappa shape index (κ3) is 3.41. The number of carbonyl (C=O) groups excluding carboxylic acids is 1. The highest BCUT2D eigenvalue weighted by Crippen LogP contribution is 2.30. The van der Waals surface area contributed by atoms with Gasteiger partial charge in [-0.05, 0) is 20.8 Å². The summed E-state index contributed by atoms with van der Waals surface area (Å²) in [6.07, 6.45) is 3.64. The molecule has 21 heavy (non-hydrogen) atoms. The molecule has 0 bridgehead atoms. The predicted octanol–water partition coefficient (Wildman–Crippen LogP) is 2.34. The van der Waals surface area contributed by atoms with Crippen molar-refractivity contribution in [3.63, 3.8) is 0 Å². The van der Waals surface area contributed by atoms with Gasteiger partial charge in [0.25, 0.3) is 0 Å². The summed E-state index contributed by atoms with van der Waals surface area (Å²) >= 11 is 1.52. The van der Waals surface area contributed by atoms with Gasteiger partial charge in [-0.25, -0.2) is 4.98 Å². The van der Waals surface area contributed by atoms with Crippen LogP contribution in [0.3, 0.4) is 0 Å². The predicted molar refractivity (Wildman–Crippen MR) is 82.5 cm³/mol. The summed E-state index contributed by atoms with van der Waals surface area (Å²) in [5.74, 6) is -0.251. The lowest BCUT2D eigenvalue weighted by Gasteiger charge is -2.20. The van der Waals surface area contributed by atoms with Crippen molar-refractivity contribution in [3.05, 3.63) is 29.0 Å². The van der Waals surface area contributed by atoms with E-state index in [0.717, 1.165) is 16.4 Å². The SMILES string of the molecule is CCOC(=O)C(C)(C)c1csc(N(C)Cc2cn[nH]c2)n1. The van der Waals surface area contributed by atoms with E-state index in [4.69, 9.17) is 4.74 Å². The molecule has 0 saturated carbocycles. The van der Waals surface area contributed by atoms with E-state index in [-0.39, 0.29) is 5.97 Å². The monoisotopic (exact) mass is 308 g/mol. The molecule has 1 N–H and O–H groups in total. The molecule has 7 heteroatoms. The number of nitrogens with zero attached hydrogens (tertiary/aromatic N) is 3. The van der Waals surface area contributed by atoms with Gasteiger partial charge in [0.05, 0.1) is 18.5 Å². The van der Waals surface area contributed by atoms with E-state index in [9.17, 15) is 4.79 Å². The van der Waals surface area contributed by atoms with E-state index in [1.54, 1.807) is 13.1 Å². The van der Waals surface area contributed by atoms with E-state index >= 15 is 0 Å². The summed E-state index contributed by atoms with van der Waals surface area (Å²) in [4.78, 5) is 18.6. The number of H-pyrrole nitrogens is 1. The summed E-state index contributed by atoms with van der Waals surface area (Å²) in [6.45, 7) is 6.56. The van der Waals surface area contributed by atoms with Crippen molar-refractivity contribution in [2.45, 2.75) is 32.7 Å². The first-order chi connectivity index (χ1) is 9.95. The molecule has 0 aliphatic heterocycles. The Morgan fingerprint density at radius 3 is 2.90 bits per heavy atom. The number of hydrogen-bond acceptors (Lipinski definition) is 6. The molecule has 0 aliphatic rings. The summed E-state index contributed by atoms with van der Waals surface area (Å²) in [6, 6.07) is 0. The van der Waals surface area contributed by atoms with Crippen molar-refractivity contribution in [2.75, 3.05) is 18.6 Å². The van der Waals surface area contributed by atoms with Crippen LogP contribution in [-0.4, -0.2) is 34.8 Å². The molecule has 0 aliphatic carbocycles. The number of ether oxygens (including phenoxy) is 1. The summed E-state index contributed by atoms with van der Waals surface area (Å²) in [5.41, 5.74) is 1.08. The number of esters is 1. The van der Waals surface area contributed by atoms with Gasteiger partial charge in [-0.2, -0.15) is 5.10 Å². The summed E-state index contributed by atoms with van der Waals surface area (Å²) in [7, 11) is 1.97. The first-order valence-corrected chi connectivity index (χ1v) is 7.65. The van der Waals surface area contributed by atoms with E-state index in [1.165, 1.54) is 11.3 Å². The lowest BCUT2D eigenvalue weighted by molar-refractivity contribution is -0.148. The van der Waals surface area contributed by atoms with Gasteiger partial charge in [0.2, 0.25) is 0 Å². The fourth-order valence-corrected chi connectivity index (χ4v) is 2.81. The Morgan fingerprint density at radius 2 is 2.29 bits per heavy atom. The summed E-state index contributed by atoms with van der Waals surface area (Å²) in [5, 5.41) is 9.50. The molecule has 0 fully saturated rings. The number of hydrogen-bond donors (Lipinski definition) is 1. The standard InChI is InChI=1S/C14H20N4O2S/c1-5-20-12(19)14(2,3)11-9-21-13(17-11)18(4)8-10-6-15-16-7-10/h6-7,9H,5,8H2,1-4H3,(H,15,16). The molecule has 2 aromatic heterocycles. The number of aromatic nitrogens is 3. The first kappa shape index (κ1) is 15.5. The number of anilines is 1. The Morgan fingerprint density at radius 1 is 1.52 bits per heavy atom. The van der Waals surface area contributed by atoms with Gasteiger partial charge in [-0.15, -0.1) is 11.3 Å². The van der Waals surface area contributed by atoms with E-state index in [1.807, 2.05) is 37.4 Å². The van der Waals surface area contributed by atoms with Crippen molar-refractivity contribution in [1.29, 1.82) is 0 Å². The number of aromatic amines is 1. The zero-order chi connectivity index (χ0) is 15.5. The molecule has 0 unspecified atom stereocenters. The van der Waals surface area contributed by atoms with Crippen LogP contribution in [0, 0.1) is 0 Å². The average molecular weight is 308 g/mol. The summed E-state index contributed by atoms with van der Waals surface area (Å²) < 4.78 is 5.12. The van der Waals surface area contributed by atoms with Crippen LogP contribution in [0.15, 0.2) is 17.8 Å². The van der Waals surface area contributed by atoms with Gasteiger partial charge in [-0.3, -0.25) is 9.89 Å². The molecule has 0 atom stereocenters. The minimum atomic E-state index is -0.735. The molecule has 2 heterocycles. The van der Waals surface area contributed by atoms with Crippen molar-refractivity contribution in [2.24, 2.45) is 0 Å². The molecule has 0 amide bonds. The second kappa shape index (κ2) is 6.26. The number of rotatable bonds is 6. The minimum absolute atomic E-state index is 0.251. The lowest BCUT2D eigenvalue weighted by atomic mass is 9.90. The third-order valence-corrected chi connectivity index (χ3v) is 4.17. The molecule has 0 saturated heterocycles. The topological polar surface area (TPSA) is 71.1 Å². The normalized spacial score (nSPS) is 11.4. The van der Waals surface area contributed by atoms with Gasteiger partial charge < -0.3 is 9.64 Å². The Labute approximate surface area is 128 Å². The fourth-order valence-electron chi connectivity index (χ4n) is 1.85. The van der Waals surface area contributed by atoms with Crippen molar-refractivity contribution in [1.82, 2.24) is 15.2 Å². The molecule has 0 radical (unpaired) electrons. The average Bonchev–Trinajstić information content (AvgIpc) is 3.09. The first-order valence-electron chi connectivity index (χ1n) is 6.77. The molecule has 2 rings (SSSR count). The van der Waals surface area contributed by atoms with Crippen LogP contribution in [0.1, 0.15) is 32.0 Å². The molecule has 6 nitrogen and oxygen atoms in total. The van der Waals surface area contributed by atoms with Gasteiger partial charge in [0.1, 0.15) is 5.41 Å². The quantitative estimate of drug-likeness (QED) is 0.829. The maximum absolute atomic E-state index is 12.0.